The zero-order valence-electron chi connectivity index (χ0n) is 8.33. The lowest BCUT2D eigenvalue weighted by Crippen LogP contribution is -1.99. The summed E-state index contributed by atoms with van der Waals surface area (Å²) in [6, 6.07) is 3.36. The van der Waals surface area contributed by atoms with Crippen LogP contribution in [0.2, 0.25) is 0 Å². The van der Waals surface area contributed by atoms with Gasteiger partial charge in [0.05, 0.1) is 19.8 Å². The Morgan fingerprint density at radius 1 is 1.29 bits per heavy atom. The number of hydrogen-bond donors (Lipinski definition) is 1. The van der Waals surface area contributed by atoms with Crippen molar-refractivity contribution in [1.29, 1.82) is 0 Å². The van der Waals surface area contributed by atoms with Crippen molar-refractivity contribution < 1.29 is 14.3 Å². The van der Waals surface area contributed by atoms with Crippen LogP contribution in [-0.2, 0) is 0 Å². The van der Waals surface area contributed by atoms with Crippen LogP contribution in [0.3, 0.4) is 0 Å². The number of methoxy groups -OCH3 is 2. The van der Waals surface area contributed by atoms with Gasteiger partial charge in [0.25, 0.3) is 0 Å². The minimum atomic E-state index is -0.312. The molecule has 14 heavy (non-hydrogen) atoms. The Bertz CT molecular complexity index is 361. The summed E-state index contributed by atoms with van der Waals surface area (Å²) in [7, 11) is 3.09. The van der Waals surface area contributed by atoms with Crippen LogP contribution in [0.5, 0.6) is 11.5 Å². The number of thiol groups is 1. The summed E-state index contributed by atoms with van der Waals surface area (Å²) in [6.07, 6.45) is 0. The maximum Gasteiger partial charge on any atom is 0.220 e. The lowest BCUT2D eigenvalue weighted by atomic mass is 10.1. The molecule has 1 rings (SSSR count). The van der Waals surface area contributed by atoms with Crippen molar-refractivity contribution in [3.8, 4) is 11.5 Å². The van der Waals surface area contributed by atoms with Gasteiger partial charge in [-0.15, -0.1) is 12.6 Å². The molecule has 0 spiro atoms. The van der Waals surface area contributed by atoms with Crippen LogP contribution in [0.4, 0.5) is 0 Å². The van der Waals surface area contributed by atoms with Crippen LogP contribution in [0.25, 0.3) is 0 Å². The number of carbonyl (C=O) groups excluding carboxylic acids is 1. The van der Waals surface area contributed by atoms with Gasteiger partial charge in [0.1, 0.15) is 11.5 Å². The van der Waals surface area contributed by atoms with E-state index in [2.05, 4.69) is 12.6 Å². The largest absolute Gasteiger partial charge is 0.496 e. The average Bonchev–Trinajstić information content (AvgIpc) is 2.17. The van der Waals surface area contributed by atoms with Gasteiger partial charge < -0.3 is 9.47 Å². The highest BCUT2D eigenvalue weighted by Crippen LogP contribution is 2.31. The van der Waals surface area contributed by atoms with Gasteiger partial charge in [-0.1, -0.05) is 0 Å². The molecule has 0 aromatic heterocycles. The Balaban J connectivity index is 3.35. The topological polar surface area (TPSA) is 35.5 Å². The molecular formula is C10H12O3S. The van der Waals surface area contributed by atoms with E-state index < -0.39 is 0 Å². The molecule has 0 aliphatic rings. The smallest absolute Gasteiger partial charge is 0.220 e. The molecular weight excluding hydrogens is 200 g/mol. The second-order valence-corrected chi connectivity index (χ2v) is 3.18. The van der Waals surface area contributed by atoms with Gasteiger partial charge in [-0.25, -0.2) is 0 Å². The summed E-state index contributed by atoms with van der Waals surface area (Å²) in [5, 5.41) is -0.312. The molecule has 0 amide bonds. The van der Waals surface area contributed by atoms with Crippen LogP contribution in [0.15, 0.2) is 12.1 Å². The zero-order valence-corrected chi connectivity index (χ0v) is 9.22. The SMILES string of the molecule is COc1ccc(C(=O)S)c(OC)c1C. The normalized spacial score (nSPS) is 9.71. The van der Waals surface area contributed by atoms with Crippen molar-refractivity contribution in [2.24, 2.45) is 0 Å². The van der Waals surface area contributed by atoms with E-state index in [-0.39, 0.29) is 5.12 Å². The fourth-order valence-electron chi connectivity index (χ4n) is 1.33. The van der Waals surface area contributed by atoms with E-state index in [1.807, 2.05) is 6.92 Å². The van der Waals surface area contributed by atoms with Crippen LogP contribution in [0, 0.1) is 6.92 Å². The maximum atomic E-state index is 11.1. The van der Waals surface area contributed by atoms with Crippen LogP contribution >= 0.6 is 12.6 Å². The van der Waals surface area contributed by atoms with E-state index >= 15 is 0 Å². The summed E-state index contributed by atoms with van der Waals surface area (Å²) < 4.78 is 10.2. The molecule has 0 aliphatic heterocycles. The molecule has 0 aliphatic carbocycles. The number of benzene rings is 1. The maximum absolute atomic E-state index is 11.1. The van der Waals surface area contributed by atoms with Gasteiger partial charge in [-0.2, -0.15) is 0 Å². The Hall–Kier alpha value is -1.16. The molecule has 0 radical (unpaired) electrons. The highest BCUT2D eigenvalue weighted by atomic mass is 32.1. The number of ether oxygens (including phenoxy) is 2. The van der Waals surface area contributed by atoms with Crippen molar-refractivity contribution in [3.05, 3.63) is 23.3 Å². The Kier molecular flexibility index (Phi) is 3.41. The van der Waals surface area contributed by atoms with Crippen molar-refractivity contribution in [2.75, 3.05) is 14.2 Å². The predicted molar refractivity (Wildman–Crippen MR) is 57.6 cm³/mol. The fourth-order valence-corrected chi connectivity index (χ4v) is 1.50. The fraction of sp³-hybridized carbons (Fsp3) is 0.300. The highest BCUT2D eigenvalue weighted by Gasteiger charge is 2.14. The molecule has 1 aromatic carbocycles. The summed E-state index contributed by atoms with van der Waals surface area (Å²) in [5.74, 6) is 1.21. The zero-order chi connectivity index (χ0) is 10.7. The minimum Gasteiger partial charge on any atom is -0.496 e. The van der Waals surface area contributed by atoms with Gasteiger partial charge in [0, 0.05) is 5.56 Å². The van der Waals surface area contributed by atoms with E-state index in [0.29, 0.717) is 17.1 Å². The standard InChI is InChI=1S/C10H12O3S/c1-6-8(12-2)5-4-7(10(11)14)9(6)13-3/h4-5H,1-3H3,(H,11,14). The van der Waals surface area contributed by atoms with Gasteiger partial charge >= 0.3 is 0 Å². The van der Waals surface area contributed by atoms with Crippen LogP contribution in [0.1, 0.15) is 15.9 Å². The van der Waals surface area contributed by atoms with E-state index in [9.17, 15) is 4.79 Å². The minimum absolute atomic E-state index is 0.312. The van der Waals surface area contributed by atoms with Crippen molar-refractivity contribution in [1.82, 2.24) is 0 Å². The lowest BCUT2D eigenvalue weighted by Gasteiger charge is -2.12. The monoisotopic (exact) mass is 212 g/mol. The number of rotatable bonds is 3. The summed E-state index contributed by atoms with van der Waals surface area (Å²) in [5.41, 5.74) is 1.25. The third-order valence-corrected chi connectivity index (χ3v) is 2.25. The Labute approximate surface area is 88.4 Å². The third kappa shape index (κ3) is 1.85. The van der Waals surface area contributed by atoms with Crippen LogP contribution < -0.4 is 9.47 Å². The second-order valence-electron chi connectivity index (χ2n) is 2.78. The lowest BCUT2D eigenvalue weighted by molar-refractivity contribution is 0.108. The molecule has 0 N–H and O–H groups in total. The Morgan fingerprint density at radius 3 is 2.36 bits per heavy atom. The molecule has 4 heteroatoms. The molecule has 3 nitrogen and oxygen atoms in total. The summed E-state index contributed by atoms with van der Waals surface area (Å²) in [4.78, 5) is 11.1. The molecule has 0 unspecified atom stereocenters. The molecule has 0 saturated heterocycles. The molecule has 0 fully saturated rings. The van der Waals surface area contributed by atoms with E-state index in [4.69, 9.17) is 9.47 Å². The van der Waals surface area contributed by atoms with Crippen LogP contribution in [-0.4, -0.2) is 19.3 Å². The molecule has 1 aromatic rings. The van der Waals surface area contributed by atoms with Gasteiger partial charge in [-0.3, -0.25) is 4.79 Å². The van der Waals surface area contributed by atoms with E-state index in [0.717, 1.165) is 5.56 Å². The quantitative estimate of drug-likeness (QED) is 0.779. The van der Waals surface area contributed by atoms with Gasteiger partial charge in [-0.05, 0) is 19.1 Å². The van der Waals surface area contributed by atoms with Crippen molar-refractivity contribution in [2.45, 2.75) is 6.92 Å². The second kappa shape index (κ2) is 4.37. The molecule has 76 valence electrons. The van der Waals surface area contributed by atoms with Gasteiger partial charge in [0.2, 0.25) is 5.12 Å². The van der Waals surface area contributed by atoms with Crippen molar-refractivity contribution in [3.63, 3.8) is 0 Å². The highest BCUT2D eigenvalue weighted by molar-refractivity contribution is 7.97. The van der Waals surface area contributed by atoms with E-state index in [1.54, 1.807) is 19.2 Å². The first-order valence-electron chi connectivity index (χ1n) is 4.06. The number of carbonyl (C=O) groups is 1. The van der Waals surface area contributed by atoms with Gasteiger partial charge in [0.15, 0.2) is 0 Å². The first-order valence-corrected chi connectivity index (χ1v) is 4.51. The van der Waals surface area contributed by atoms with Crippen molar-refractivity contribution >= 4 is 17.7 Å². The predicted octanol–water partition coefficient (Wildman–Crippen LogP) is 2.08. The number of hydrogen-bond acceptors (Lipinski definition) is 3. The average molecular weight is 212 g/mol. The Morgan fingerprint density at radius 2 is 1.93 bits per heavy atom. The molecule has 0 heterocycles. The first-order chi connectivity index (χ1) is 6.61. The molecule has 0 atom stereocenters. The molecule has 0 bridgehead atoms. The first kappa shape index (κ1) is 10.9. The third-order valence-electron chi connectivity index (χ3n) is 2.01. The molecule has 0 saturated carbocycles. The summed E-state index contributed by atoms with van der Waals surface area (Å²) in [6.45, 7) is 1.83. The van der Waals surface area contributed by atoms with E-state index in [1.165, 1.54) is 7.11 Å². The summed E-state index contributed by atoms with van der Waals surface area (Å²) >= 11 is 3.76.